The van der Waals surface area contributed by atoms with Crippen LogP contribution >= 0.6 is 11.6 Å². The second kappa shape index (κ2) is 8.79. The molecule has 0 saturated carbocycles. The SMILES string of the molecule is CC[C@@H](Oc1ccc(Cl)c(C)c1)C(=O)N[C@H](C)c1ccc(C(C)(C)C)cc1. The first-order chi connectivity index (χ1) is 12.6. The zero-order chi connectivity index (χ0) is 20.2. The summed E-state index contributed by atoms with van der Waals surface area (Å²) in [6.07, 6.45) is 0.0466. The van der Waals surface area contributed by atoms with Crippen molar-refractivity contribution in [3.63, 3.8) is 0 Å². The Morgan fingerprint density at radius 3 is 2.30 bits per heavy atom. The van der Waals surface area contributed by atoms with E-state index in [0.29, 0.717) is 17.2 Å². The molecule has 0 aliphatic rings. The van der Waals surface area contributed by atoms with Crippen LogP contribution in [0.3, 0.4) is 0 Å². The van der Waals surface area contributed by atoms with E-state index in [1.165, 1.54) is 5.56 Å². The lowest BCUT2D eigenvalue weighted by atomic mass is 9.86. The highest BCUT2D eigenvalue weighted by Crippen LogP contribution is 2.25. The molecular formula is C23H30ClNO2. The molecule has 0 spiro atoms. The molecule has 2 atom stereocenters. The molecule has 4 heteroatoms. The minimum atomic E-state index is -0.540. The lowest BCUT2D eigenvalue weighted by Gasteiger charge is -2.23. The molecule has 0 heterocycles. The maximum Gasteiger partial charge on any atom is 0.261 e. The van der Waals surface area contributed by atoms with Crippen molar-refractivity contribution in [2.45, 2.75) is 65.5 Å². The van der Waals surface area contributed by atoms with Gasteiger partial charge in [0.1, 0.15) is 5.75 Å². The van der Waals surface area contributed by atoms with E-state index in [0.717, 1.165) is 11.1 Å². The quantitative estimate of drug-likeness (QED) is 0.661. The van der Waals surface area contributed by atoms with Crippen LogP contribution in [0.4, 0.5) is 0 Å². The van der Waals surface area contributed by atoms with Crippen LogP contribution in [0.15, 0.2) is 42.5 Å². The molecule has 2 rings (SSSR count). The van der Waals surface area contributed by atoms with Crippen molar-refractivity contribution in [3.8, 4) is 5.75 Å². The van der Waals surface area contributed by atoms with Gasteiger partial charge in [-0.15, -0.1) is 0 Å². The van der Waals surface area contributed by atoms with Crippen LogP contribution in [-0.2, 0) is 10.2 Å². The molecule has 0 bridgehead atoms. The van der Waals surface area contributed by atoms with E-state index < -0.39 is 6.10 Å². The van der Waals surface area contributed by atoms with Crippen LogP contribution in [0, 0.1) is 6.92 Å². The lowest BCUT2D eigenvalue weighted by molar-refractivity contribution is -0.128. The van der Waals surface area contributed by atoms with Crippen molar-refractivity contribution in [2.75, 3.05) is 0 Å². The van der Waals surface area contributed by atoms with Gasteiger partial charge >= 0.3 is 0 Å². The number of aryl methyl sites for hydroxylation is 1. The number of ether oxygens (including phenoxy) is 1. The fourth-order valence-electron chi connectivity index (χ4n) is 2.84. The average Bonchev–Trinajstić information content (AvgIpc) is 2.61. The third kappa shape index (κ3) is 5.74. The highest BCUT2D eigenvalue weighted by molar-refractivity contribution is 6.31. The maximum atomic E-state index is 12.7. The molecule has 0 aliphatic heterocycles. The molecule has 0 radical (unpaired) electrons. The molecule has 1 amide bonds. The summed E-state index contributed by atoms with van der Waals surface area (Å²) < 4.78 is 5.89. The van der Waals surface area contributed by atoms with Crippen LogP contribution < -0.4 is 10.1 Å². The Morgan fingerprint density at radius 1 is 1.15 bits per heavy atom. The second-order valence-electron chi connectivity index (χ2n) is 8.03. The van der Waals surface area contributed by atoms with Crippen LogP contribution in [0.5, 0.6) is 5.75 Å². The van der Waals surface area contributed by atoms with E-state index >= 15 is 0 Å². The minimum absolute atomic E-state index is 0.0869. The number of benzene rings is 2. The van der Waals surface area contributed by atoms with Crippen molar-refractivity contribution in [1.82, 2.24) is 5.32 Å². The van der Waals surface area contributed by atoms with Gasteiger partial charge in [0, 0.05) is 5.02 Å². The van der Waals surface area contributed by atoms with Crippen LogP contribution in [0.2, 0.25) is 5.02 Å². The van der Waals surface area contributed by atoms with Crippen LogP contribution in [-0.4, -0.2) is 12.0 Å². The summed E-state index contributed by atoms with van der Waals surface area (Å²) in [4.78, 5) is 12.7. The zero-order valence-corrected chi connectivity index (χ0v) is 17.9. The van der Waals surface area contributed by atoms with Crippen molar-refractivity contribution in [2.24, 2.45) is 0 Å². The van der Waals surface area contributed by atoms with Gasteiger partial charge in [0.2, 0.25) is 0 Å². The van der Waals surface area contributed by atoms with E-state index in [2.05, 4.69) is 50.4 Å². The van der Waals surface area contributed by atoms with Crippen molar-refractivity contribution >= 4 is 17.5 Å². The molecular weight excluding hydrogens is 358 g/mol. The Hall–Kier alpha value is -2.00. The Morgan fingerprint density at radius 2 is 1.78 bits per heavy atom. The Balaban J connectivity index is 2.03. The van der Waals surface area contributed by atoms with Crippen molar-refractivity contribution < 1.29 is 9.53 Å². The van der Waals surface area contributed by atoms with Gasteiger partial charge in [-0.25, -0.2) is 0 Å². The van der Waals surface area contributed by atoms with Gasteiger partial charge in [0.25, 0.3) is 5.91 Å². The molecule has 146 valence electrons. The molecule has 3 nitrogen and oxygen atoms in total. The van der Waals surface area contributed by atoms with Gasteiger partial charge in [-0.2, -0.15) is 0 Å². The molecule has 0 unspecified atom stereocenters. The molecule has 0 aromatic heterocycles. The standard InChI is InChI=1S/C23H30ClNO2/c1-7-21(27-19-12-13-20(24)15(2)14-19)22(26)25-16(3)17-8-10-18(11-9-17)23(4,5)6/h8-14,16,21H,7H2,1-6H3,(H,25,26)/t16-,21-/m1/s1. The number of carbonyl (C=O) groups is 1. The first-order valence-electron chi connectivity index (χ1n) is 9.45. The predicted molar refractivity (Wildman–Crippen MR) is 113 cm³/mol. The van der Waals surface area contributed by atoms with Gasteiger partial charge in [-0.1, -0.05) is 63.6 Å². The zero-order valence-electron chi connectivity index (χ0n) is 17.1. The third-order valence-corrected chi connectivity index (χ3v) is 5.13. The molecule has 1 N–H and O–H groups in total. The van der Waals surface area contributed by atoms with Crippen LogP contribution in [0.25, 0.3) is 0 Å². The summed E-state index contributed by atoms with van der Waals surface area (Å²) in [6, 6.07) is 13.8. The van der Waals surface area contributed by atoms with E-state index in [4.69, 9.17) is 16.3 Å². The number of halogens is 1. The van der Waals surface area contributed by atoms with Gasteiger partial charge in [0.15, 0.2) is 6.10 Å². The minimum Gasteiger partial charge on any atom is -0.481 e. The Kier molecular flexibility index (Phi) is 6.94. The average molecular weight is 388 g/mol. The molecule has 2 aromatic rings. The lowest BCUT2D eigenvalue weighted by Crippen LogP contribution is -2.39. The summed E-state index contributed by atoms with van der Waals surface area (Å²) >= 11 is 6.05. The summed E-state index contributed by atoms with van der Waals surface area (Å²) in [7, 11) is 0. The van der Waals surface area contributed by atoms with Crippen molar-refractivity contribution in [3.05, 3.63) is 64.2 Å². The fraction of sp³-hybridized carbons (Fsp3) is 0.435. The number of hydrogen-bond donors (Lipinski definition) is 1. The highest BCUT2D eigenvalue weighted by atomic mass is 35.5. The molecule has 2 aromatic carbocycles. The largest absolute Gasteiger partial charge is 0.481 e. The first kappa shape index (κ1) is 21.3. The third-order valence-electron chi connectivity index (χ3n) is 4.71. The molecule has 0 saturated heterocycles. The normalized spacial score (nSPS) is 13.7. The summed E-state index contributed by atoms with van der Waals surface area (Å²) in [5.74, 6) is 0.540. The van der Waals surface area contributed by atoms with Gasteiger partial charge < -0.3 is 10.1 Å². The topological polar surface area (TPSA) is 38.3 Å². The van der Waals surface area contributed by atoms with Crippen molar-refractivity contribution in [1.29, 1.82) is 0 Å². The van der Waals surface area contributed by atoms with E-state index in [1.807, 2.05) is 26.8 Å². The molecule has 0 aliphatic carbocycles. The number of hydrogen-bond acceptors (Lipinski definition) is 2. The first-order valence-corrected chi connectivity index (χ1v) is 9.83. The van der Waals surface area contributed by atoms with E-state index in [1.54, 1.807) is 12.1 Å². The Labute approximate surface area is 168 Å². The van der Waals surface area contributed by atoms with E-state index in [-0.39, 0.29) is 17.4 Å². The van der Waals surface area contributed by atoms with Gasteiger partial charge in [-0.3, -0.25) is 4.79 Å². The number of rotatable bonds is 6. The Bertz CT molecular complexity index is 778. The maximum absolute atomic E-state index is 12.7. The summed E-state index contributed by atoms with van der Waals surface area (Å²) in [6.45, 7) is 12.4. The number of amides is 1. The smallest absolute Gasteiger partial charge is 0.261 e. The monoisotopic (exact) mass is 387 g/mol. The van der Waals surface area contributed by atoms with Crippen LogP contribution in [0.1, 0.15) is 63.8 Å². The number of carbonyl (C=O) groups excluding carboxylic acids is 1. The predicted octanol–water partition coefficient (Wildman–Crippen LogP) is 5.98. The van der Waals surface area contributed by atoms with Gasteiger partial charge in [0.05, 0.1) is 6.04 Å². The van der Waals surface area contributed by atoms with E-state index in [9.17, 15) is 4.79 Å². The number of nitrogens with one attached hydrogen (secondary N) is 1. The van der Waals surface area contributed by atoms with Gasteiger partial charge in [-0.05, 0) is 60.6 Å². The summed E-state index contributed by atoms with van der Waals surface area (Å²) in [5.41, 5.74) is 3.39. The molecule has 27 heavy (non-hydrogen) atoms. The fourth-order valence-corrected chi connectivity index (χ4v) is 2.96. The summed E-state index contributed by atoms with van der Waals surface area (Å²) in [5, 5.41) is 3.75. The highest BCUT2D eigenvalue weighted by Gasteiger charge is 2.21. The molecule has 0 fully saturated rings. The second-order valence-corrected chi connectivity index (χ2v) is 8.44.